The van der Waals surface area contributed by atoms with Crippen LogP contribution in [-0.4, -0.2) is 31.0 Å². The number of rotatable bonds is 6. The van der Waals surface area contributed by atoms with Crippen LogP contribution in [0.4, 0.5) is 10.5 Å². The number of amides is 1. The third kappa shape index (κ3) is 5.78. The zero-order valence-corrected chi connectivity index (χ0v) is 20.1. The Morgan fingerprint density at radius 1 is 1.09 bits per heavy atom. The molecule has 3 N–H and O–H groups in total. The lowest BCUT2D eigenvalue weighted by atomic mass is 9.77. The molecule has 0 saturated carbocycles. The Kier molecular flexibility index (Phi) is 7.45. The Morgan fingerprint density at radius 2 is 1.66 bits per heavy atom. The van der Waals surface area contributed by atoms with Crippen molar-refractivity contribution in [1.29, 1.82) is 0 Å². The fourth-order valence-corrected chi connectivity index (χ4v) is 3.69. The highest BCUT2D eigenvalue weighted by atomic mass is 35.5. The first-order chi connectivity index (χ1) is 15.0. The Hall–Kier alpha value is -2.19. The smallest absolute Gasteiger partial charge is 0.445 e. The van der Waals surface area contributed by atoms with Gasteiger partial charge in [-0.3, -0.25) is 0 Å². The third-order valence-corrected chi connectivity index (χ3v) is 6.26. The van der Waals surface area contributed by atoms with Gasteiger partial charge in [0.05, 0.1) is 21.2 Å². The van der Waals surface area contributed by atoms with E-state index in [9.17, 15) is 4.79 Å². The number of carbonyl (C=O) groups is 1. The van der Waals surface area contributed by atoms with E-state index in [2.05, 4.69) is 5.32 Å². The fraction of sp³-hybridized carbons (Fsp3) is 0.348. The molecule has 3 rings (SSSR count). The summed E-state index contributed by atoms with van der Waals surface area (Å²) < 4.78 is 17.6. The van der Waals surface area contributed by atoms with Gasteiger partial charge in [-0.2, -0.15) is 0 Å². The topological polar surface area (TPSA) is 82.8 Å². The molecule has 0 spiro atoms. The average Bonchev–Trinajstić information content (AvgIpc) is 2.93. The number of nitrogens with one attached hydrogen (secondary N) is 1. The summed E-state index contributed by atoms with van der Waals surface area (Å²) in [5.74, 6) is 0. The SMILES string of the molecule is CC1(C)OB(C(=Cc2c(Cl)cc(N)cc2Cl)CNC(=O)OCc2ccccc2)OC1(C)C. The lowest BCUT2D eigenvalue weighted by molar-refractivity contribution is 0.00578. The zero-order valence-electron chi connectivity index (χ0n) is 18.6. The van der Waals surface area contributed by atoms with Gasteiger partial charge in [0.15, 0.2) is 0 Å². The molecule has 2 aromatic rings. The summed E-state index contributed by atoms with van der Waals surface area (Å²) in [6, 6.07) is 12.7. The molecule has 0 atom stereocenters. The standard InChI is InChI=1S/C23H27BCl2N2O4/c1-22(2)23(3,4)32-24(31-22)16(10-18-19(25)11-17(27)12-20(18)26)13-28-21(29)30-14-15-8-6-5-7-9-15/h5-12H,13-14,27H2,1-4H3,(H,28,29). The Labute approximate surface area is 199 Å². The van der Waals surface area contributed by atoms with E-state index in [-0.39, 0.29) is 13.2 Å². The van der Waals surface area contributed by atoms with Gasteiger partial charge in [0, 0.05) is 17.8 Å². The van der Waals surface area contributed by atoms with Crippen LogP contribution in [-0.2, 0) is 20.7 Å². The predicted octanol–water partition coefficient (Wildman–Crippen LogP) is 5.52. The molecule has 1 aliphatic rings. The number of nitrogens with two attached hydrogens (primary N) is 1. The van der Waals surface area contributed by atoms with Gasteiger partial charge in [0.2, 0.25) is 0 Å². The van der Waals surface area contributed by atoms with Crippen LogP contribution in [0.3, 0.4) is 0 Å². The highest BCUT2D eigenvalue weighted by Gasteiger charge is 2.52. The van der Waals surface area contributed by atoms with Crippen LogP contribution in [0, 0.1) is 0 Å². The molecule has 6 nitrogen and oxygen atoms in total. The predicted molar refractivity (Wildman–Crippen MR) is 130 cm³/mol. The molecule has 1 aliphatic heterocycles. The fourth-order valence-electron chi connectivity index (χ4n) is 3.07. The number of hydrogen-bond acceptors (Lipinski definition) is 5. The summed E-state index contributed by atoms with van der Waals surface area (Å²) in [5, 5.41) is 3.52. The summed E-state index contributed by atoms with van der Waals surface area (Å²) >= 11 is 12.8. The monoisotopic (exact) mass is 476 g/mol. The third-order valence-electron chi connectivity index (χ3n) is 5.64. The van der Waals surface area contributed by atoms with Crippen LogP contribution in [0.5, 0.6) is 0 Å². The van der Waals surface area contributed by atoms with E-state index < -0.39 is 24.4 Å². The molecular weight excluding hydrogens is 450 g/mol. The minimum atomic E-state index is -0.709. The number of halogens is 2. The maximum absolute atomic E-state index is 12.3. The highest BCUT2D eigenvalue weighted by molar-refractivity contribution is 6.56. The summed E-state index contributed by atoms with van der Waals surface area (Å²) in [7, 11) is -0.709. The molecule has 0 aliphatic carbocycles. The van der Waals surface area contributed by atoms with Crippen LogP contribution in [0.2, 0.25) is 10.0 Å². The molecule has 0 aromatic heterocycles. The van der Waals surface area contributed by atoms with Crippen LogP contribution in [0.15, 0.2) is 47.9 Å². The van der Waals surface area contributed by atoms with E-state index in [0.717, 1.165) is 5.56 Å². The normalized spacial score (nSPS) is 17.3. The van der Waals surface area contributed by atoms with Gasteiger partial charge in [-0.15, -0.1) is 0 Å². The molecular formula is C23H27BCl2N2O4. The molecule has 1 saturated heterocycles. The second-order valence-electron chi connectivity index (χ2n) is 8.62. The number of nitrogen functional groups attached to an aromatic ring is 1. The first-order valence-corrected chi connectivity index (χ1v) is 11.0. The quantitative estimate of drug-likeness (QED) is 0.423. The molecule has 1 fully saturated rings. The van der Waals surface area contributed by atoms with Crippen molar-refractivity contribution in [3.63, 3.8) is 0 Å². The minimum absolute atomic E-state index is 0.113. The second-order valence-corrected chi connectivity index (χ2v) is 9.44. The van der Waals surface area contributed by atoms with Crippen molar-refractivity contribution < 1.29 is 18.8 Å². The molecule has 9 heteroatoms. The molecule has 32 heavy (non-hydrogen) atoms. The summed E-state index contributed by atoms with van der Waals surface area (Å²) in [5.41, 5.74) is 7.25. The van der Waals surface area contributed by atoms with Gasteiger partial charge in [-0.25, -0.2) is 4.79 Å². The van der Waals surface area contributed by atoms with Crippen molar-refractivity contribution in [2.75, 3.05) is 12.3 Å². The van der Waals surface area contributed by atoms with Gasteiger partial charge in [-0.05, 0) is 50.9 Å². The maximum atomic E-state index is 12.3. The van der Waals surface area contributed by atoms with E-state index >= 15 is 0 Å². The Bertz CT molecular complexity index is 973. The number of anilines is 1. The maximum Gasteiger partial charge on any atom is 0.492 e. The largest absolute Gasteiger partial charge is 0.492 e. The van der Waals surface area contributed by atoms with Crippen molar-refractivity contribution in [3.05, 3.63) is 69.1 Å². The van der Waals surface area contributed by atoms with Crippen LogP contribution in [0.1, 0.15) is 38.8 Å². The van der Waals surface area contributed by atoms with Crippen molar-refractivity contribution >= 4 is 48.2 Å². The van der Waals surface area contributed by atoms with E-state index in [1.165, 1.54) is 0 Å². The van der Waals surface area contributed by atoms with E-state index in [1.54, 1.807) is 18.2 Å². The summed E-state index contributed by atoms with van der Waals surface area (Å²) in [6.07, 6.45) is 1.19. The van der Waals surface area contributed by atoms with Crippen molar-refractivity contribution in [3.8, 4) is 0 Å². The zero-order chi connectivity index (χ0) is 23.5. The van der Waals surface area contributed by atoms with Crippen molar-refractivity contribution in [2.45, 2.75) is 45.5 Å². The van der Waals surface area contributed by atoms with Gasteiger partial charge < -0.3 is 25.1 Å². The molecule has 1 amide bonds. The van der Waals surface area contributed by atoms with E-state index in [0.29, 0.717) is 26.8 Å². The van der Waals surface area contributed by atoms with Crippen molar-refractivity contribution in [2.24, 2.45) is 0 Å². The first-order valence-electron chi connectivity index (χ1n) is 10.2. The Balaban J connectivity index is 1.79. The molecule has 0 bridgehead atoms. The summed E-state index contributed by atoms with van der Waals surface area (Å²) in [4.78, 5) is 12.3. The molecule has 0 radical (unpaired) electrons. The number of carbonyl (C=O) groups excluding carboxylic acids is 1. The second kappa shape index (κ2) is 9.75. The lowest BCUT2D eigenvalue weighted by Crippen LogP contribution is -2.41. The minimum Gasteiger partial charge on any atom is -0.445 e. The van der Waals surface area contributed by atoms with Crippen LogP contribution < -0.4 is 11.1 Å². The first kappa shape index (κ1) is 24.5. The van der Waals surface area contributed by atoms with E-state index in [1.807, 2.05) is 58.0 Å². The molecule has 0 unspecified atom stereocenters. The van der Waals surface area contributed by atoms with Gasteiger partial charge in [0.1, 0.15) is 6.61 Å². The van der Waals surface area contributed by atoms with Gasteiger partial charge >= 0.3 is 13.2 Å². The van der Waals surface area contributed by atoms with Crippen LogP contribution in [0.25, 0.3) is 6.08 Å². The molecule has 170 valence electrons. The van der Waals surface area contributed by atoms with E-state index in [4.69, 9.17) is 43.0 Å². The number of alkyl carbamates (subject to hydrolysis) is 1. The van der Waals surface area contributed by atoms with Crippen molar-refractivity contribution in [1.82, 2.24) is 5.32 Å². The highest BCUT2D eigenvalue weighted by Crippen LogP contribution is 2.39. The summed E-state index contributed by atoms with van der Waals surface area (Å²) in [6.45, 7) is 8.09. The van der Waals surface area contributed by atoms with Gasteiger partial charge in [0.25, 0.3) is 0 Å². The van der Waals surface area contributed by atoms with Crippen LogP contribution >= 0.6 is 23.2 Å². The Morgan fingerprint density at radius 3 is 2.22 bits per heavy atom. The van der Waals surface area contributed by atoms with Gasteiger partial charge in [-0.1, -0.05) is 59.6 Å². The molecule has 2 aromatic carbocycles. The number of hydrogen-bond donors (Lipinski definition) is 2. The molecule has 1 heterocycles. The average molecular weight is 477 g/mol. The lowest BCUT2D eigenvalue weighted by Gasteiger charge is -2.32. The number of ether oxygens (including phenoxy) is 1. The number of benzene rings is 2.